The molecule has 3 rings (SSSR count). The first-order valence-electron chi connectivity index (χ1n) is 6.32. The predicted octanol–water partition coefficient (Wildman–Crippen LogP) is 4.64. The quantitative estimate of drug-likeness (QED) is 0.659. The number of ether oxygens (including phenoxy) is 1. The lowest BCUT2D eigenvalue weighted by Gasteiger charge is -2.07. The van der Waals surface area contributed by atoms with Gasteiger partial charge in [-0.1, -0.05) is 18.2 Å². The fraction of sp³-hybridized carbons (Fsp3) is 0.118. The van der Waals surface area contributed by atoms with E-state index < -0.39 is 0 Å². The van der Waals surface area contributed by atoms with Crippen molar-refractivity contribution in [3.8, 4) is 11.5 Å². The number of benzene rings is 2. The largest absolute Gasteiger partial charge is 0.456 e. The Bertz CT molecular complexity index is 720. The van der Waals surface area contributed by atoms with Crippen LogP contribution in [-0.4, -0.2) is 4.98 Å². The number of aryl methyl sites for hydroxylation is 2. The van der Waals surface area contributed by atoms with Gasteiger partial charge < -0.3 is 4.74 Å². The van der Waals surface area contributed by atoms with E-state index >= 15 is 0 Å². The minimum atomic E-state index is 0.766. The third kappa shape index (κ3) is 2.43. The average Bonchev–Trinajstić information content (AvgIpc) is 2.42. The fourth-order valence-electron chi connectivity index (χ4n) is 2.05. The summed E-state index contributed by atoms with van der Waals surface area (Å²) in [6.45, 7) is 4.21. The Morgan fingerprint density at radius 2 is 1.58 bits per heavy atom. The Morgan fingerprint density at radius 1 is 0.842 bits per heavy atom. The number of para-hydroxylation sites is 1. The van der Waals surface area contributed by atoms with Gasteiger partial charge in [0.05, 0.1) is 11.7 Å². The monoisotopic (exact) mass is 249 g/mol. The van der Waals surface area contributed by atoms with E-state index in [1.807, 2.05) is 36.4 Å². The molecule has 3 aromatic rings. The highest BCUT2D eigenvalue weighted by molar-refractivity contribution is 5.81. The maximum atomic E-state index is 5.79. The summed E-state index contributed by atoms with van der Waals surface area (Å²) in [6.07, 6.45) is 1.77. The van der Waals surface area contributed by atoms with Gasteiger partial charge in [0, 0.05) is 5.39 Å². The highest BCUT2D eigenvalue weighted by Gasteiger charge is 2.02. The SMILES string of the molecule is Cc1cc2cc(Oc3ccccc3)cnc2cc1C. The van der Waals surface area contributed by atoms with Crippen LogP contribution >= 0.6 is 0 Å². The van der Waals surface area contributed by atoms with Crippen molar-refractivity contribution in [1.82, 2.24) is 4.98 Å². The van der Waals surface area contributed by atoms with Crippen molar-refractivity contribution in [3.05, 3.63) is 65.9 Å². The van der Waals surface area contributed by atoms with E-state index in [-0.39, 0.29) is 0 Å². The molecule has 1 heterocycles. The number of nitrogens with zero attached hydrogens (tertiary/aromatic N) is 1. The summed E-state index contributed by atoms with van der Waals surface area (Å²) in [4.78, 5) is 4.45. The normalized spacial score (nSPS) is 10.6. The van der Waals surface area contributed by atoms with Crippen LogP contribution in [0.2, 0.25) is 0 Å². The highest BCUT2D eigenvalue weighted by atomic mass is 16.5. The first-order valence-corrected chi connectivity index (χ1v) is 6.32. The second kappa shape index (κ2) is 4.73. The molecule has 0 atom stereocenters. The average molecular weight is 249 g/mol. The Balaban J connectivity index is 2.00. The van der Waals surface area contributed by atoms with Crippen LogP contribution in [0.5, 0.6) is 11.5 Å². The van der Waals surface area contributed by atoms with Gasteiger partial charge in [0.2, 0.25) is 0 Å². The van der Waals surface area contributed by atoms with Gasteiger partial charge in [-0.3, -0.25) is 4.98 Å². The van der Waals surface area contributed by atoms with Crippen LogP contribution in [0, 0.1) is 13.8 Å². The molecule has 2 aromatic carbocycles. The second-order valence-electron chi connectivity index (χ2n) is 4.72. The van der Waals surface area contributed by atoms with E-state index in [4.69, 9.17) is 4.74 Å². The van der Waals surface area contributed by atoms with Crippen LogP contribution in [0.3, 0.4) is 0 Å². The number of rotatable bonds is 2. The molecule has 0 radical (unpaired) electrons. The topological polar surface area (TPSA) is 22.1 Å². The molecule has 0 saturated carbocycles. The molecule has 0 saturated heterocycles. The molecule has 0 aliphatic heterocycles. The van der Waals surface area contributed by atoms with Crippen LogP contribution in [0.15, 0.2) is 54.7 Å². The lowest BCUT2D eigenvalue weighted by Crippen LogP contribution is -1.88. The number of hydrogen-bond acceptors (Lipinski definition) is 2. The summed E-state index contributed by atoms with van der Waals surface area (Å²) >= 11 is 0. The molecule has 0 unspecified atom stereocenters. The molecule has 0 amide bonds. The van der Waals surface area contributed by atoms with E-state index in [0.29, 0.717) is 0 Å². The molecule has 1 aromatic heterocycles. The minimum Gasteiger partial charge on any atom is -0.456 e. The molecule has 94 valence electrons. The Kier molecular flexibility index (Phi) is 2.92. The van der Waals surface area contributed by atoms with Gasteiger partial charge in [0.1, 0.15) is 11.5 Å². The van der Waals surface area contributed by atoms with Gasteiger partial charge in [-0.05, 0) is 55.3 Å². The third-order valence-electron chi connectivity index (χ3n) is 3.25. The van der Waals surface area contributed by atoms with Gasteiger partial charge in [-0.25, -0.2) is 0 Å². The van der Waals surface area contributed by atoms with Crippen molar-refractivity contribution in [2.75, 3.05) is 0 Å². The summed E-state index contributed by atoms with van der Waals surface area (Å²) in [7, 11) is 0. The lowest BCUT2D eigenvalue weighted by molar-refractivity contribution is 0.481. The lowest BCUT2D eigenvalue weighted by atomic mass is 10.1. The summed E-state index contributed by atoms with van der Waals surface area (Å²) in [6, 6.07) is 16.0. The van der Waals surface area contributed by atoms with E-state index in [0.717, 1.165) is 22.4 Å². The van der Waals surface area contributed by atoms with Gasteiger partial charge in [0.15, 0.2) is 0 Å². The summed E-state index contributed by atoms with van der Waals surface area (Å²) < 4.78 is 5.79. The van der Waals surface area contributed by atoms with Crippen molar-refractivity contribution in [2.45, 2.75) is 13.8 Å². The van der Waals surface area contributed by atoms with Crippen molar-refractivity contribution in [1.29, 1.82) is 0 Å². The zero-order valence-electron chi connectivity index (χ0n) is 11.1. The first kappa shape index (κ1) is 11.7. The maximum absolute atomic E-state index is 5.79. The number of aromatic nitrogens is 1. The molecule has 0 aliphatic rings. The first-order chi connectivity index (χ1) is 9.22. The molecule has 2 nitrogen and oxygen atoms in total. The van der Waals surface area contributed by atoms with Gasteiger partial charge in [-0.15, -0.1) is 0 Å². The standard InChI is InChI=1S/C17H15NO/c1-12-8-14-10-16(11-18-17(14)9-13(12)2)19-15-6-4-3-5-7-15/h3-11H,1-2H3. The molecule has 19 heavy (non-hydrogen) atoms. The maximum Gasteiger partial charge on any atom is 0.146 e. The molecular weight excluding hydrogens is 234 g/mol. The van der Waals surface area contributed by atoms with Gasteiger partial charge >= 0.3 is 0 Å². The van der Waals surface area contributed by atoms with Crippen LogP contribution in [0.25, 0.3) is 10.9 Å². The second-order valence-corrected chi connectivity index (χ2v) is 4.72. The van der Waals surface area contributed by atoms with Gasteiger partial charge in [-0.2, -0.15) is 0 Å². The number of hydrogen-bond donors (Lipinski definition) is 0. The zero-order chi connectivity index (χ0) is 13.2. The molecule has 0 N–H and O–H groups in total. The van der Waals surface area contributed by atoms with E-state index in [9.17, 15) is 0 Å². The smallest absolute Gasteiger partial charge is 0.146 e. The third-order valence-corrected chi connectivity index (χ3v) is 3.25. The van der Waals surface area contributed by atoms with Crippen molar-refractivity contribution in [3.63, 3.8) is 0 Å². The summed E-state index contributed by atoms with van der Waals surface area (Å²) in [5.41, 5.74) is 3.53. The molecular formula is C17H15NO. The highest BCUT2D eigenvalue weighted by Crippen LogP contribution is 2.25. The van der Waals surface area contributed by atoms with E-state index in [1.165, 1.54) is 11.1 Å². The van der Waals surface area contributed by atoms with Crippen molar-refractivity contribution < 1.29 is 4.74 Å². The van der Waals surface area contributed by atoms with Crippen molar-refractivity contribution >= 4 is 10.9 Å². The van der Waals surface area contributed by atoms with Crippen LogP contribution in [0.1, 0.15) is 11.1 Å². The molecule has 2 heteroatoms. The molecule has 0 aliphatic carbocycles. The molecule has 0 fully saturated rings. The number of fused-ring (bicyclic) bond motifs is 1. The zero-order valence-corrected chi connectivity index (χ0v) is 11.1. The van der Waals surface area contributed by atoms with Crippen LogP contribution < -0.4 is 4.74 Å². The van der Waals surface area contributed by atoms with Crippen molar-refractivity contribution in [2.24, 2.45) is 0 Å². The fourth-order valence-corrected chi connectivity index (χ4v) is 2.05. The Morgan fingerprint density at radius 3 is 2.37 bits per heavy atom. The van der Waals surface area contributed by atoms with Crippen LogP contribution in [0.4, 0.5) is 0 Å². The minimum absolute atomic E-state index is 0.766. The molecule has 0 bridgehead atoms. The van der Waals surface area contributed by atoms with Gasteiger partial charge in [0.25, 0.3) is 0 Å². The van der Waals surface area contributed by atoms with E-state index in [1.54, 1.807) is 6.20 Å². The number of pyridine rings is 1. The predicted molar refractivity (Wildman–Crippen MR) is 77.7 cm³/mol. The Hall–Kier alpha value is -2.35. The Labute approximate surface area is 112 Å². The molecule has 0 spiro atoms. The van der Waals surface area contributed by atoms with E-state index in [2.05, 4.69) is 31.0 Å². The summed E-state index contributed by atoms with van der Waals surface area (Å²) in [5.74, 6) is 1.59. The van der Waals surface area contributed by atoms with Crippen LogP contribution in [-0.2, 0) is 0 Å². The summed E-state index contributed by atoms with van der Waals surface area (Å²) in [5, 5.41) is 1.11.